The molecule has 18 heteroatoms. The lowest BCUT2D eigenvalue weighted by Gasteiger charge is -2.10. The first-order valence-electron chi connectivity index (χ1n) is 36.9. The van der Waals surface area contributed by atoms with Crippen molar-refractivity contribution < 1.29 is 18.9 Å². The van der Waals surface area contributed by atoms with E-state index in [1.54, 1.807) is 0 Å². The summed E-state index contributed by atoms with van der Waals surface area (Å²) in [5.74, 6) is 2.77. The van der Waals surface area contributed by atoms with Crippen molar-refractivity contribution in [2.75, 3.05) is 52.9 Å². The average molecular weight is 1450 g/mol. The molecule has 14 heterocycles. The molecule has 0 amide bonds. The molecule has 7 aliphatic rings. The third kappa shape index (κ3) is 15.7. The lowest BCUT2D eigenvalue weighted by molar-refractivity contribution is 0.151. The van der Waals surface area contributed by atoms with Gasteiger partial charge >= 0.3 is 0 Å². The van der Waals surface area contributed by atoms with E-state index in [1.165, 1.54) is 0 Å². The highest BCUT2D eigenvalue weighted by Gasteiger charge is 2.23. The Morgan fingerprint density at radius 3 is 1.11 bits per heavy atom. The molecular formula is C89H84N12O4S2. The van der Waals surface area contributed by atoms with Crippen molar-refractivity contribution in [3.8, 4) is 45.0 Å². The fourth-order valence-electron chi connectivity index (χ4n) is 14.8. The molecule has 0 saturated heterocycles. The van der Waals surface area contributed by atoms with Gasteiger partial charge in [0.15, 0.2) is 0 Å². The smallest absolute Gasteiger partial charge is 0.143 e. The molecule has 16 nitrogen and oxygen atoms in total. The fourth-order valence-corrected chi connectivity index (χ4v) is 15.1. The third-order valence-corrected chi connectivity index (χ3v) is 20.8. The number of allylic oxidation sites excluding steroid dienone is 4. The number of H-pyrrole nitrogens is 4. The van der Waals surface area contributed by atoms with Crippen molar-refractivity contribution in [2.24, 2.45) is 14.1 Å². The van der Waals surface area contributed by atoms with E-state index in [0.717, 1.165) is 205 Å². The summed E-state index contributed by atoms with van der Waals surface area (Å²) < 4.78 is 29.5. The Kier molecular flexibility index (Phi) is 21.6. The predicted octanol–water partition coefficient (Wildman–Crippen LogP) is 18.9. The molecule has 107 heavy (non-hydrogen) atoms. The zero-order chi connectivity index (χ0) is 72.4. The lowest BCUT2D eigenvalue weighted by Crippen LogP contribution is -2.01. The zero-order valence-corrected chi connectivity index (χ0v) is 61.9. The van der Waals surface area contributed by atoms with Crippen LogP contribution in [-0.2, 0) is 70.2 Å². The van der Waals surface area contributed by atoms with E-state index in [4.69, 9.17) is 74.1 Å². The molecule has 0 fully saturated rings. The number of nitrogens with zero attached hydrogens (tertiary/aromatic N) is 8. The number of imidazole rings is 2. The number of nitrogens with one attached hydrogen (secondary N) is 4. The van der Waals surface area contributed by atoms with Crippen molar-refractivity contribution in [1.29, 1.82) is 0 Å². The number of ether oxygens (including phenoxy) is 4. The summed E-state index contributed by atoms with van der Waals surface area (Å²) in [7, 11) is 4.05. The first-order valence-corrected chi connectivity index (χ1v) is 38.1. The quantitative estimate of drug-likeness (QED) is 0.0486. The Balaban J connectivity index is 0.744. The summed E-state index contributed by atoms with van der Waals surface area (Å²) >= 11 is 9.54. The van der Waals surface area contributed by atoms with E-state index in [1.807, 2.05) is 55.6 Å². The van der Waals surface area contributed by atoms with E-state index in [-0.39, 0.29) is 0 Å². The summed E-state index contributed by atoms with van der Waals surface area (Å²) in [5, 5.41) is 0. The minimum Gasteiger partial charge on any atom is -0.377 e. The fraction of sp³-hybridized carbons (Fsp3) is 0.225. The molecule has 0 saturated carbocycles. The third-order valence-electron chi connectivity index (χ3n) is 20.1. The van der Waals surface area contributed by atoms with Gasteiger partial charge in [0.25, 0.3) is 0 Å². The standard InChI is InChI=1S/C89H84N12O4S2/c1-100-43-41-90-88(100)86-80-37-29-72(96-80)64-15-9-49-102-45-5-7-47-104-51-11-17-66-70-27-35-78(94-70)85(63-54-60(56-106)53-61(55-63)57-107)79-36-28-71(95-79)67(75-32-40-83(99-75)87(82-39-31-74(66)98-82)89-91-42-44-101(89)2)18-12-52-105-48-8-6-46-103-50-10-16-65(73-30-38-81(86)97-73)69-26-34-77(93-69)84(76-33-25-68(64)92-76)62-23-21-59(22-24-62)20-19-58-13-3-4-14-58/h3-8,13,19-44,53-55,92,94,97,99,106-107H,9-12,15-18,45-52,56-57H2,1-2H3/b7-5?,8-6?,20-19+,68-64?,69-65?,70-66?,71-67?,72-64?,73-65?,74-66?,75-67?,84-76?,84-77?,85-78?,85-79?,86-80?,86-81?,87-82?,87-83?. The zero-order valence-electron chi connectivity index (χ0n) is 60.1. The Morgan fingerprint density at radius 1 is 0.402 bits per heavy atom. The number of fused-ring (bicyclic) bond motifs is 24. The van der Waals surface area contributed by atoms with Crippen LogP contribution in [-0.4, -0.2) is 112 Å². The SMILES string of the molecule is Cn1ccnc1-c1c2nc(c3c4ccc([nH]4)c(-c4ccc(/C=C/C5=C=CC=C5)cc4)c4nc(c(c5ccc1[nH]5)CCCOCC=CCOCCCc1c5nc(c(-c6cc(CS)cc(CS)c6)c6ccc([nH]6)c(c6nc(c(-c7nccn7C)c7ccc1[nH]7)C=C6)CCCOCC=CCOCCC3)C=C5)C=C4)C=C2. The van der Waals surface area contributed by atoms with Crippen molar-refractivity contribution in [3.63, 3.8) is 0 Å². The van der Waals surface area contributed by atoms with Crippen LogP contribution in [0.1, 0.15) is 110 Å². The van der Waals surface area contributed by atoms with Gasteiger partial charge in [-0.05, 0) is 195 Å². The Bertz CT molecular complexity index is 5680. The molecule has 4 N–H and O–H groups in total. The molecule has 536 valence electrons. The molecule has 17 rings (SSSR count). The highest BCUT2D eigenvalue weighted by atomic mass is 32.1. The Hall–Kier alpha value is -10.9. The molecule has 8 aromatic heterocycles. The maximum absolute atomic E-state index is 6.36. The van der Waals surface area contributed by atoms with Gasteiger partial charge in [-0.25, -0.2) is 29.9 Å². The van der Waals surface area contributed by atoms with Crippen LogP contribution in [0.2, 0.25) is 0 Å². The van der Waals surface area contributed by atoms with Gasteiger partial charge in [-0.1, -0.05) is 78.9 Å². The second kappa shape index (κ2) is 32.8. The van der Waals surface area contributed by atoms with Gasteiger partial charge in [-0.15, -0.1) is 5.73 Å². The molecule has 0 spiro atoms. The summed E-state index contributed by atoms with van der Waals surface area (Å²) in [6.07, 6.45) is 49.0. The van der Waals surface area contributed by atoms with Crippen LogP contribution in [0.25, 0.3) is 144 Å². The maximum Gasteiger partial charge on any atom is 0.143 e. The molecule has 10 aromatic rings. The van der Waals surface area contributed by atoms with Crippen molar-refractivity contribution in [2.45, 2.75) is 62.9 Å². The van der Waals surface area contributed by atoms with Crippen LogP contribution < -0.4 is 0 Å². The Labute approximate surface area is 633 Å². The van der Waals surface area contributed by atoms with E-state index < -0.39 is 0 Å². The number of hydrogen-bond acceptors (Lipinski definition) is 12. The molecule has 2 aromatic carbocycles. The molecule has 0 atom stereocenters. The number of hydrogen-bond donors (Lipinski definition) is 6. The minimum atomic E-state index is 0.450. The summed E-state index contributed by atoms with van der Waals surface area (Å²) in [6, 6.07) is 32.7. The van der Waals surface area contributed by atoms with Gasteiger partial charge in [0, 0.05) is 149 Å². The van der Waals surface area contributed by atoms with Crippen LogP contribution in [0.5, 0.6) is 0 Å². The van der Waals surface area contributed by atoms with Crippen LogP contribution in [0.15, 0.2) is 176 Å². The second-order valence-electron chi connectivity index (χ2n) is 27.2. The number of aromatic nitrogens is 12. The highest BCUT2D eigenvalue weighted by molar-refractivity contribution is 7.79. The van der Waals surface area contributed by atoms with Crippen LogP contribution >= 0.6 is 25.3 Å². The van der Waals surface area contributed by atoms with Crippen molar-refractivity contribution >= 4 is 124 Å². The average Bonchev–Trinajstić information content (AvgIpc) is 1.63. The molecular weight excluding hydrogens is 1370 g/mol. The molecule has 0 unspecified atom stereocenters. The highest BCUT2D eigenvalue weighted by Crippen LogP contribution is 2.39. The lowest BCUT2D eigenvalue weighted by atomic mass is 9.99. The van der Waals surface area contributed by atoms with E-state index >= 15 is 0 Å². The van der Waals surface area contributed by atoms with Gasteiger partial charge in [-0.2, -0.15) is 25.3 Å². The topological polar surface area (TPSA) is 187 Å². The largest absolute Gasteiger partial charge is 0.377 e. The minimum absolute atomic E-state index is 0.450. The van der Waals surface area contributed by atoms with Gasteiger partial charge < -0.3 is 48.0 Å². The van der Waals surface area contributed by atoms with Gasteiger partial charge in [0.2, 0.25) is 0 Å². The summed E-state index contributed by atoms with van der Waals surface area (Å²) in [4.78, 5) is 47.5. The number of rotatable bonds is 8. The number of benzene rings is 2. The monoisotopic (exact) mass is 1450 g/mol. The molecule has 0 radical (unpaired) electrons. The maximum atomic E-state index is 6.36. The van der Waals surface area contributed by atoms with Crippen LogP contribution in [0.3, 0.4) is 0 Å². The first kappa shape index (κ1) is 70.4. The van der Waals surface area contributed by atoms with E-state index in [9.17, 15) is 0 Å². The second-order valence-corrected chi connectivity index (χ2v) is 27.9. The number of aromatic amines is 4. The molecule has 6 aliphatic heterocycles. The van der Waals surface area contributed by atoms with Crippen molar-refractivity contribution in [1.82, 2.24) is 59.0 Å². The van der Waals surface area contributed by atoms with E-state index in [0.29, 0.717) is 90.0 Å². The number of thiol groups is 2. The summed E-state index contributed by atoms with van der Waals surface area (Å²) in [6.45, 7) is 3.95. The van der Waals surface area contributed by atoms with Gasteiger partial charge in [0.1, 0.15) is 11.6 Å². The normalized spacial score (nSPS) is 15.5. The Morgan fingerprint density at radius 2 is 0.757 bits per heavy atom. The van der Waals surface area contributed by atoms with Crippen LogP contribution in [0.4, 0.5) is 0 Å². The molecule has 20 bridgehead atoms. The number of aryl methyl sites for hydroxylation is 6. The summed E-state index contributed by atoms with van der Waals surface area (Å²) in [5.41, 5.74) is 32.3. The van der Waals surface area contributed by atoms with Crippen molar-refractivity contribution in [3.05, 3.63) is 260 Å². The van der Waals surface area contributed by atoms with E-state index in [2.05, 4.69) is 212 Å². The molecule has 1 aliphatic carbocycles. The van der Waals surface area contributed by atoms with Crippen LogP contribution in [0, 0.1) is 0 Å². The first-order chi connectivity index (χ1) is 52.8. The van der Waals surface area contributed by atoms with Gasteiger partial charge in [-0.3, -0.25) is 0 Å². The predicted molar refractivity (Wildman–Crippen MR) is 443 cm³/mol. The van der Waals surface area contributed by atoms with Gasteiger partial charge in [0.05, 0.1) is 94.1 Å².